The van der Waals surface area contributed by atoms with Gasteiger partial charge in [0, 0.05) is 0 Å². The first kappa shape index (κ1) is 5.03. The number of likely N-dealkylation sites (N-methyl/N-ethyl adjacent to an activating group) is 1. The molecule has 1 aliphatic heterocycles. The van der Waals surface area contributed by atoms with Gasteiger partial charge in [-0.3, -0.25) is 4.90 Å². The summed E-state index contributed by atoms with van der Waals surface area (Å²) < 4.78 is 0. The maximum absolute atomic E-state index is 8.97. The van der Waals surface area contributed by atoms with Crippen LogP contribution in [-0.4, -0.2) is 28.9 Å². The molecule has 3 N–H and O–H groups in total. The Bertz CT molecular complexity index is 81.7. The molecule has 3 unspecified atom stereocenters. The van der Waals surface area contributed by atoms with Gasteiger partial charge in [0.05, 0.1) is 0 Å². The SMILES string of the molecule is CN1C(N)C1(C)O. The monoisotopic (exact) mass is 102 g/mol. The van der Waals surface area contributed by atoms with E-state index in [2.05, 4.69) is 0 Å². The van der Waals surface area contributed by atoms with Gasteiger partial charge in [-0.15, -0.1) is 0 Å². The summed E-state index contributed by atoms with van der Waals surface area (Å²) >= 11 is 0. The van der Waals surface area contributed by atoms with Crippen LogP contribution in [0.2, 0.25) is 0 Å². The quantitative estimate of drug-likeness (QED) is 0.383. The number of aliphatic hydroxyl groups is 1. The van der Waals surface area contributed by atoms with Gasteiger partial charge in [0.15, 0.2) is 0 Å². The van der Waals surface area contributed by atoms with Crippen molar-refractivity contribution < 1.29 is 5.11 Å². The predicted octanol–water partition coefficient (Wildman–Crippen LogP) is -1.07. The lowest BCUT2D eigenvalue weighted by Crippen LogP contribution is -2.14. The zero-order valence-corrected chi connectivity index (χ0v) is 4.55. The fourth-order valence-corrected chi connectivity index (χ4v) is 0.563. The van der Waals surface area contributed by atoms with Crippen LogP contribution in [0.1, 0.15) is 6.92 Å². The minimum absolute atomic E-state index is 0.146. The van der Waals surface area contributed by atoms with Crippen LogP contribution in [0.5, 0.6) is 0 Å². The highest BCUT2D eigenvalue weighted by molar-refractivity contribution is 4.99. The largest absolute Gasteiger partial charge is 0.373 e. The number of nitrogens with two attached hydrogens (primary N) is 1. The summed E-state index contributed by atoms with van der Waals surface area (Å²) in [7, 11) is 1.78. The summed E-state index contributed by atoms with van der Waals surface area (Å²) in [5, 5.41) is 8.97. The van der Waals surface area contributed by atoms with E-state index in [1.165, 1.54) is 0 Å². The third kappa shape index (κ3) is 0.459. The third-order valence-corrected chi connectivity index (χ3v) is 1.62. The Kier molecular flexibility index (Phi) is 0.712. The van der Waals surface area contributed by atoms with Crippen molar-refractivity contribution in [3.8, 4) is 0 Å². The molecule has 42 valence electrons. The Morgan fingerprint density at radius 1 is 1.86 bits per heavy atom. The van der Waals surface area contributed by atoms with Crippen LogP contribution in [0, 0.1) is 0 Å². The second-order valence-corrected chi connectivity index (χ2v) is 2.15. The van der Waals surface area contributed by atoms with Crippen molar-refractivity contribution in [3.63, 3.8) is 0 Å². The molecule has 1 heterocycles. The fourth-order valence-electron chi connectivity index (χ4n) is 0.563. The highest BCUT2D eigenvalue weighted by Gasteiger charge is 2.53. The van der Waals surface area contributed by atoms with Gasteiger partial charge in [0.1, 0.15) is 11.9 Å². The number of hydrogen-bond donors (Lipinski definition) is 2. The zero-order valence-electron chi connectivity index (χ0n) is 4.55. The van der Waals surface area contributed by atoms with Crippen LogP contribution >= 0.6 is 0 Å². The second kappa shape index (κ2) is 0.992. The van der Waals surface area contributed by atoms with Crippen LogP contribution in [0.3, 0.4) is 0 Å². The van der Waals surface area contributed by atoms with Crippen LogP contribution in [-0.2, 0) is 0 Å². The Morgan fingerprint density at radius 3 is 2.00 bits per heavy atom. The minimum atomic E-state index is -0.722. The summed E-state index contributed by atoms with van der Waals surface area (Å²) in [5.41, 5.74) is 4.60. The molecule has 1 rings (SSSR count). The Morgan fingerprint density at radius 2 is 2.00 bits per heavy atom. The molecule has 1 fully saturated rings. The molecular weight excluding hydrogens is 92.1 g/mol. The first-order valence-electron chi connectivity index (χ1n) is 2.27. The lowest BCUT2D eigenvalue weighted by atomic mass is 10.4. The van der Waals surface area contributed by atoms with Crippen molar-refractivity contribution in [1.82, 2.24) is 4.90 Å². The van der Waals surface area contributed by atoms with Crippen molar-refractivity contribution in [2.45, 2.75) is 18.8 Å². The van der Waals surface area contributed by atoms with E-state index < -0.39 is 5.72 Å². The van der Waals surface area contributed by atoms with Crippen molar-refractivity contribution in [2.24, 2.45) is 5.73 Å². The normalized spacial score (nSPS) is 60.0. The van der Waals surface area contributed by atoms with Gasteiger partial charge in [0.2, 0.25) is 0 Å². The molecule has 0 aromatic carbocycles. The molecule has 0 radical (unpaired) electrons. The van der Waals surface area contributed by atoms with Gasteiger partial charge >= 0.3 is 0 Å². The third-order valence-electron chi connectivity index (χ3n) is 1.62. The first-order valence-corrected chi connectivity index (χ1v) is 2.27. The Balaban J connectivity index is 2.52. The van der Waals surface area contributed by atoms with Gasteiger partial charge in [-0.05, 0) is 14.0 Å². The lowest BCUT2D eigenvalue weighted by Gasteiger charge is -1.92. The number of hydrogen-bond acceptors (Lipinski definition) is 3. The summed E-state index contributed by atoms with van der Waals surface area (Å²) in [4.78, 5) is 1.69. The molecule has 0 aromatic heterocycles. The van der Waals surface area contributed by atoms with Crippen molar-refractivity contribution in [2.75, 3.05) is 7.05 Å². The fraction of sp³-hybridized carbons (Fsp3) is 1.00. The smallest absolute Gasteiger partial charge is 0.145 e. The van der Waals surface area contributed by atoms with Gasteiger partial charge in [0.25, 0.3) is 0 Å². The summed E-state index contributed by atoms with van der Waals surface area (Å²) in [6.07, 6.45) is -0.146. The van der Waals surface area contributed by atoms with Gasteiger partial charge in [-0.2, -0.15) is 0 Å². The average molecular weight is 102 g/mol. The van der Waals surface area contributed by atoms with E-state index in [0.717, 1.165) is 0 Å². The Labute approximate surface area is 42.7 Å². The summed E-state index contributed by atoms with van der Waals surface area (Å²) in [5.74, 6) is 0. The van der Waals surface area contributed by atoms with Crippen molar-refractivity contribution in [1.29, 1.82) is 0 Å². The molecule has 0 amide bonds. The molecule has 1 saturated heterocycles. The highest BCUT2D eigenvalue weighted by atomic mass is 16.3. The Hall–Kier alpha value is -0.120. The average Bonchev–Trinajstić information content (AvgIpc) is 1.91. The predicted molar refractivity (Wildman–Crippen MR) is 26.4 cm³/mol. The second-order valence-electron chi connectivity index (χ2n) is 2.15. The maximum Gasteiger partial charge on any atom is 0.145 e. The lowest BCUT2D eigenvalue weighted by molar-refractivity contribution is 0.115. The van der Waals surface area contributed by atoms with Crippen LogP contribution < -0.4 is 5.73 Å². The highest BCUT2D eigenvalue weighted by Crippen LogP contribution is 2.30. The van der Waals surface area contributed by atoms with Crippen molar-refractivity contribution in [3.05, 3.63) is 0 Å². The maximum atomic E-state index is 8.97. The molecule has 3 nitrogen and oxygen atoms in total. The number of rotatable bonds is 0. The van der Waals surface area contributed by atoms with Crippen LogP contribution in [0.15, 0.2) is 0 Å². The minimum Gasteiger partial charge on any atom is -0.373 e. The van der Waals surface area contributed by atoms with E-state index >= 15 is 0 Å². The van der Waals surface area contributed by atoms with E-state index in [0.29, 0.717) is 0 Å². The van der Waals surface area contributed by atoms with Crippen molar-refractivity contribution >= 4 is 0 Å². The van der Waals surface area contributed by atoms with Crippen LogP contribution in [0.4, 0.5) is 0 Å². The van der Waals surface area contributed by atoms with E-state index in [-0.39, 0.29) is 6.17 Å². The van der Waals surface area contributed by atoms with E-state index in [1.807, 2.05) is 0 Å². The van der Waals surface area contributed by atoms with E-state index in [1.54, 1.807) is 18.9 Å². The topological polar surface area (TPSA) is 49.3 Å². The molecular formula is C4H10N2O. The molecule has 3 atom stereocenters. The molecule has 0 aliphatic carbocycles. The van der Waals surface area contributed by atoms with E-state index in [4.69, 9.17) is 10.8 Å². The van der Waals surface area contributed by atoms with Gasteiger partial charge < -0.3 is 10.8 Å². The van der Waals surface area contributed by atoms with Gasteiger partial charge in [-0.1, -0.05) is 0 Å². The van der Waals surface area contributed by atoms with E-state index in [9.17, 15) is 0 Å². The molecule has 7 heavy (non-hydrogen) atoms. The molecule has 0 saturated carbocycles. The number of nitrogens with zero attached hydrogens (tertiary/aromatic N) is 1. The molecule has 1 aliphatic rings. The molecule has 0 aromatic rings. The standard InChI is InChI=1S/C4H10N2O/c1-4(7)3(5)6(4)2/h3,7H,5H2,1-2H3. The van der Waals surface area contributed by atoms with Gasteiger partial charge in [-0.25, -0.2) is 0 Å². The molecule has 0 spiro atoms. The molecule has 0 bridgehead atoms. The molecule has 3 heteroatoms. The summed E-state index contributed by atoms with van der Waals surface area (Å²) in [6, 6.07) is 0. The zero-order chi connectivity index (χ0) is 5.65. The summed E-state index contributed by atoms with van der Waals surface area (Å²) in [6.45, 7) is 1.69. The van der Waals surface area contributed by atoms with Crippen LogP contribution in [0.25, 0.3) is 0 Å². The first-order chi connectivity index (χ1) is 3.07.